The minimum absolute atomic E-state index is 0.464. The highest BCUT2D eigenvalue weighted by Crippen LogP contribution is 2.27. The first-order valence-corrected chi connectivity index (χ1v) is 5.61. The molecule has 0 saturated heterocycles. The molecule has 4 heteroatoms. The molecular formula is C12H18ClNO2. The number of rotatable bonds is 6. The summed E-state index contributed by atoms with van der Waals surface area (Å²) >= 11 is 6.02. The van der Waals surface area contributed by atoms with Gasteiger partial charge in [0.25, 0.3) is 0 Å². The number of methoxy groups -OCH3 is 2. The highest BCUT2D eigenvalue weighted by Gasteiger charge is 2.04. The lowest BCUT2D eigenvalue weighted by Gasteiger charge is -2.13. The molecule has 1 N–H and O–H groups in total. The van der Waals surface area contributed by atoms with Crippen LogP contribution in [0.1, 0.15) is 6.92 Å². The molecule has 1 atom stereocenters. The van der Waals surface area contributed by atoms with E-state index in [4.69, 9.17) is 21.1 Å². The first kappa shape index (κ1) is 13.1. The molecule has 0 saturated carbocycles. The molecule has 0 amide bonds. The first-order chi connectivity index (χ1) is 7.67. The summed E-state index contributed by atoms with van der Waals surface area (Å²) in [5, 5.41) is 3.92. The molecule has 3 nitrogen and oxygen atoms in total. The number of nitrogens with one attached hydrogen (secondary N) is 1. The quantitative estimate of drug-likeness (QED) is 0.833. The molecule has 90 valence electrons. The molecular weight excluding hydrogens is 226 g/mol. The zero-order valence-corrected chi connectivity index (χ0v) is 10.7. The Morgan fingerprint density at radius 1 is 1.38 bits per heavy atom. The van der Waals surface area contributed by atoms with E-state index in [-0.39, 0.29) is 0 Å². The monoisotopic (exact) mass is 243 g/mol. The summed E-state index contributed by atoms with van der Waals surface area (Å²) in [7, 11) is 3.32. The number of anilines is 1. The van der Waals surface area contributed by atoms with Gasteiger partial charge >= 0.3 is 0 Å². The standard InChI is InChI=1S/C12H18ClNO2/c1-9(8-15-2)7-14-10-4-5-12(16-3)11(13)6-10/h4-6,9,14H,7-8H2,1-3H3. The second-order valence-corrected chi connectivity index (χ2v) is 4.20. The molecule has 0 aliphatic rings. The van der Waals surface area contributed by atoms with Crippen molar-refractivity contribution in [1.29, 1.82) is 0 Å². The van der Waals surface area contributed by atoms with Crippen LogP contribution in [0, 0.1) is 5.92 Å². The smallest absolute Gasteiger partial charge is 0.137 e. The Labute approximate surface area is 102 Å². The van der Waals surface area contributed by atoms with E-state index in [0.29, 0.717) is 16.7 Å². The van der Waals surface area contributed by atoms with Crippen LogP contribution in [0.25, 0.3) is 0 Å². The molecule has 0 spiro atoms. The maximum Gasteiger partial charge on any atom is 0.137 e. The summed E-state index contributed by atoms with van der Waals surface area (Å²) in [6, 6.07) is 5.66. The molecule has 0 bridgehead atoms. The number of hydrogen-bond donors (Lipinski definition) is 1. The van der Waals surface area contributed by atoms with Gasteiger partial charge in [0.1, 0.15) is 5.75 Å². The minimum atomic E-state index is 0.464. The normalized spacial score (nSPS) is 12.2. The van der Waals surface area contributed by atoms with Gasteiger partial charge < -0.3 is 14.8 Å². The summed E-state index contributed by atoms with van der Waals surface area (Å²) in [6.07, 6.45) is 0. The zero-order chi connectivity index (χ0) is 12.0. The van der Waals surface area contributed by atoms with E-state index in [9.17, 15) is 0 Å². The predicted octanol–water partition coefficient (Wildman–Crippen LogP) is 3.04. The van der Waals surface area contributed by atoms with Crippen molar-refractivity contribution in [2.24, 2.45) is 5.92 Å². The lowest BCUT2D eigenvalue weighted by Crippen LogP contribution is -2.15. The largest absolute Gasteiger partial charge is 0.495 e. The summed E-state index contributed by atoms with van der Waals surface area (Å²) in [6.45, 7) is 3.73. The van der Waals surface area contributed by atoms with E-state index >= 15 is 0 Å². The van der Waals surface area contributed by atoms with E-state index in [1.165, 1.54) is 0 Å². The van der Waals surface area contributed by atoms with Gasteiger partial charge in [-0.15, -0.1) is 0 Å². The molecule has 16 heavy (non-hydrogen) atoms. The molecule has 1 unspecified atom stereocenters. The van der Waals surface area contributed by atoms with Crippen molar-refractivity contribution in [2.45, 2.75) is 6.92 Å². The van der Waals surface area contributed by atoms with Gasteiger partial charge in [0.15, 0.2) is 0 Å². The van der Waals surface area contributed by atoms with Crippen LogP contribution >= 0.6 is 11.6 Å². The fourth-order valence-corrected chi connectivity index (χ4v) is 1.67. The van der Waals surface area contributed by atoms with Gasteiger partial charge in [-0.3, -0.25) is 0 Å². The van der Waals surface area contributed by atoms with Gasteiger partial charge in [0.05, 0.1) is 18.7 Å². The number of ether oxygens (including phenoxy) is 2. The van der Waals surface area contributed by atoms with E-state index in [1.807, 2.05) is 18.2 Å². The predicted molar refractivity (Wildman–Crippen MR) is 67.5 cm³/mol. The third kappa shape index (κ3) is 3.91. The molecule has 0 fully saturated rings. The number of halogens is 1. The molecule has 0 radical (unpaired) electrons. The molecule has 0 heterocycles. The van der Waals surface area contributed by atoms with Gasteiger partial charge in [0, 0.05) is 19.3 Å². The topological polar surface area (TPSA) is 30.5 Å². The summed E-state index contributed by atoms with van der Waals surface area (Å²) < 4.78 is 10.2. The SMILES string of the molecule is COCC(C)CNc1ccc(OC)c(Cl)c1. The van der Waals surface area contributed by atoms with Crippen LogP contribution in [0.15, 0.2) is 18.2 Å². The molecule has 0 aliphatic heterocycles. The fraction of sp³-hybridized carbons (Fsp3) is 0.500. The summed E-state index contributed by atoms with van der Waals surface area (Å²) in [5.74, 6) is 1.16. The molecule has 0 aromatic heterocycles. The third-order valence-electron chi connectivity index (χ3n) is 2.26. The third-order valence-corrected chi connectivity index (χ3v) is 2.55. The van der Waals surface area contributed by atoms with Crippen LogP contribution in [-0.4, -0.2) is 27.4 Å². The average molecular weight is 244 g/mol. The highest BCUT2D eigenvalue weighted by molar-refractivity contribution is 6.32. The van der Waals surface area contributed by atoms with Crippen molar-refractivity contribution in [1.82, 2.24) is 0 Å². The van der Waals surface area contributed by atoms with Crippen LogP contribution in [0.2, 0.25) is 5.02 Å². The van der Waals surface area contributed by atoms with Crippen LogP contribution in [0.3, 0.4) is 0 Å². The number of benzene rings is 1. The summed E-state index contributed by atoms with van der Waals surface area (Å²) in [4.78, 5) is 0. The maximum atomic E-state index is 6.02. The van der Waals surface area contributed by atoms with Gasteiger partial charge in [0.2, 0.25) is 0 Å². The summed E-state index contributed by atoms with van der Waals surface area (Å²) in [5.41, 5.74) is 0.994. The Kier molecular flexibility index (Phi) is 5.43. The second kappa shape index (κ2) is 6.61. The average Bonchev–Trinajstić information content (AvgIpc) is 2.27. The van der Waals surface area contributed by atoms with Crippen molar-refractivity contribution in [2.75, 3.05) is 32.7 Å². The molecule has 1 rings (SSSR count). The van der Waals surface area contributed by atoms with Crippen molar-refractivity contribution in [3.63, 3.8) is 0 Å². The Morgan fingerprint density at radius 2 is 2.12 bits per heavy atom. The van der Waals surface area contributed by atoms with E-state index in [2.05, 4.69) is 12.2 Å². The molecule has 0 aliphatic carbocycles. The Hall–Kier alpha value is -0.930. The van der Waals surface area contributed by atoms with E-state index in [0.717, 1.165) is 18.8 Å². The molecule has 1 aromatic rings. The van der Waals surface area contributed by atoms with E-state index in [1.54, 1.807) is 14.2 Å². The van der Waals surface area contributed by atoms with Crippen LogP contribution in [0.4, 0.5) is 5.69 Å². The van der Waals surface area contributed by atoms with Crippen molar-refractivity contribution < 1.29 is 9.47 Å². The van der Waals surface area contributed by atoms with Crippen LogP contribution < -0.4 is 10.1 Å². The van der Waals surface area contributed by atoms with Crippen LogP contribution in [-0.2, 0) is 4.74 Å². The Bertz CT molecular complexity index is 331. The molecule has 1 aromatic carbocycles. The number of hydrogen-bond acceptors (Lipinski definition) is 3. The van der Waals surface area contributed by atoms with Crippen molar-refractivity contribution in [3.8, 4) is 5.75 Å². The first-order valence-electron chi connectivity index (χ1n) is 5.23. The van der Waals surface area contributed by atoms with Gasteiger partial charge in [-0.05, 0) is 24.1 Å². The zero-order valence-electron chi connectivity index (χ0n) is 9.92. The van der Waals surface area contributed by atoms with Gasteiger partial charge in [-0.25, -0.2) is 0 Å². The second-order valence-electron chi connectivity index (χ2n) is 3.79. The Balaban J connectivity index is 2.51. The van der Waals surface area contributed by atoms with E-state index < -0.39 is 0 Å². The maximum absolute atomic E-state index is 6.02. The lowest BCUT2D eigenvalue weighted by atomic mass is 10.2. The van der Waals surface area contributed by atoms with Gasteiger partial charge in [-0.2, -0.15) is 0 Å². The van der Waals surface area contributed by atoms with Crippen molar-refractivity contribution >= 4 is 17.3 Å². The Morgan fingerprint density at radius 3 is 2.69 bits per heavy atom. The van der Waals surface area contributed by atoms with Gasteiger partial charge in [-0.1, -0.05) is 18.5 Å². The minimum Gasteiger partial charge on any atom is -0.495 e. The van der Waals surface area contributed by atoms with Crippen molar-refractivity contribution in [3.05, 3.63) is 23.2 Å². The lowest BCUT2D eigenvalue weighted by molar-refractivity contribution is 0.164. The highest BCUT2D eigenvalue weighted by atomic mass is 35.5. The van der Waals surface area contributed by atoms with Crippen LogP contribution in [0.5, 0.6) is 5.75 Å². The fourth-order valence-electron chi connectivity index (χ4n) is 1.41.